The lowest BCUT2D eigenvalue weighted by molar-refractivity contribution is -0.274. The maximum Gasteiger partial charge on any atom is 0.573 e. The second kappa shape index (κ2) is 8.28. The van der Waals surface area contributed by atoms with Crippen molar-refractivity contribution in [1.29, 1.82) is 0 Å². The average molecular weight is 488 g/mol. The third-order valence-corrected chi connectivity index (χ3v) is 6.67. The number of nitrogens with zero attached hydrogens (tertiary/aromatic N) is 2. The summed E-state index contributed by atoms with van der Waals surface area (Å²) in [5.74, 6) is -0.702. The number of anilines is 2. The van der Waals surface area contributed by atoms with E-state index in [1.165, 1.54) is 24.3 Å². The van der Waals surface area contributed by atoms with E-state index in [1.807, 2.05) is 4.90 Å². The molecule has 0 aliphatic carbocycles. The van der Waals surface area contributed by atoms with E-state index < -0.39 is 28.0 Å². The quantitative estimate of drug-likeness (QED) is 0.660. The third kappa shape index (κ3) is 4.68. The highest BCUT2D eigenvalue weighted by atomic mass is 35.5. The lowest BCUT2D eigenvalue weighted by Gasteiger charge is -2.30. The van der Waals surface area contributed by atoms with Crippen molar-refractivity contribution in [1.82, 2.24) is 0 Å². The Labute approximate surface area is 186 Å². The van der Waals surface area contributed by atoms with E-state index in [0.29, 0.717) is 24.5 Å². The normalized spacial score (nSPS) is 17.5. The minimum absolute atomic E-state index is 0.0407. The highest BCUT2D eigenvalue weighted by Crippen LogP contribution is 2.38. The highest BCUT2D eigenvalue weighted by molar-refractivity contribution is 7.90. The maximum absolute atomic E-state index is 12.7. The molecular formula is C20H17ClF3N3O4S. The van der Waals surface area contributed by atoms with Crippen molar-refractivity contribution in [3.05, 3.63) is 47.0 Å². The molecule has 0 bridgehead atoms. The van der Waals surface area contributed by atoms with Gasteiger partial charge in [-0.3, -0.25) is 4.79 Å². The van der Waals surface area contributed by atoms with Gasteiger partial charge in [-0.1, -0.05) is 18.0 Å². The van der Waals surface area contributed by atoms with Crippen LogP contribution >= 0.6 is 11.6 Å². The number of hydrogen-bond acceptors (Lipinski definition) is 5. The molecule has 0 saturated carbocycles. The lowest BCUT2D eigenvalue weighted by Crippen LogP contribution is -2.35. The van der Waals surface area contributed by atoms with Gasteiger partial charge in [0.15, 0.2) is 0 Å². The Morgan fingerprint density at radius 2 is 1.84 bits per heavy atom. The molecule has 0 aromatic heterocycles. The zero-order valence-corrected chi connectivity index (χ0v) is 18.0. The van der Waals surface area contributed by atoms with Crippen LogP contribution in [0.3, 0.4) is 0 Å². The van der Waals surface area contributed by atoms with E-state index in [9.17, 15) is 26.4 Å². The molecule has 2 aliphatic rings. The Hall–Kier alpha value is -2.79. The minimum atomic E-state index is -4.83. The summed E-state index contributed by atoms with van der Waals surface area (Å²) < 4.78 is 70.0. The van der Waals surface area contributed by atoms with Crippen molar-refractivity contribution in [3.63, 3.8) is 0 Å². The first-order valence-electron chi connectivity index (χ1n) is 9.66. The Morgan fingerprint density at radius 3 is 2.53 bits per heavy atom. The molecule has 0 radical (unpaired) electrons. The molecule has 0 unspecified atom stereocenters. The summed E-state index contributed by atoms with van der Waals surface area (Å²) in [6.45, 7) is 0.593. The fourth-order valence-electron chi connectivity index (χ4n) is 3.61. The summed E-state index contributed by atoms with van der Waals surface area (Å²) in [5, 5.41) is 2.53. The van der Waals surface area contributed by atoms with Gasteiger partial charge in [0.1, 0.15) is 16.5 Å². The van der Waals surface area contributed by atoms with Crippen LogP contribution in [0.4, 0.5) is 24.5 Å². The lowest BCUT2D eigenvalue weighted by atomic mass is 10.1. The van der Waals surface area contributed by atoms with Gasteiger partial charge in [-0.15, -0.1) is 17.6 Å². The smallest absolute Gasteiger partial charge is 0.406 e. The molecule has 1 saturated heterocycles. The largest absolute Gasteiger partial charge is 0.573 e. The molecule has 170 valence electrons. The molecule has 4 rings (SSSR count). The standard InChI is InChI=1S/C20H17ClF3N3O4S/c21-15-11-16-17(32(29,30)26-18-4-2-1-3-9-27(16)18)10-14(15)19(28)25-12-5-7-13(8-6-12)31-20(22,23)24/h5-8,10-11H,1-4,9H2,(H,25,28). The van der Waals surface area contributed by atoms with Gasteiger partial charge in [0.2, 0.25) is 0 Å². The molecule has 0 spiro atoms. The summed E-state index contributed by atoms with van der Waals surface area (Å²) in [4.78, 5) is 14.4. The molecular weight excluding hydrogens is 471 g/mol. The van der Waals surface area contributed by atoms with Gasteiger partial charge in [0.05, 0.1) is 16.3 Å². The molecule has 12 heteroatoms. The Bertz CT molecular complexity index is 1200. The molecule has 7 nitrogen and oxygen atoms in total. The van der Waals surface area contributed by atoms with Crippen LogP contribution in [0.15, 0.2) is 45.7 Å². The van der Waals surface area contributed by atoms with Gasteiger partial charge in [-0.05, 0) is 49.2 Å². The van der Waals surface area contributed by atoms with E-state index in [0.717, 1.165) is 31.4 Å². The van der Waals surface area contributed by atoms with Crippen LogP contribution in [0, 0.1) is 0 Å². The molecule has 2 heterocycles. The zero-order valence-electron chi connectivity index (χ0n) is 16.4. The number of carbonyl (C=O) groups is 1. The number of hydrogen-bond donors (Lipinski definition) is 1. The van der Waals surface area contributed by atoms with Gasteiger partial charge in [-0.25, -0.2) is 0 Å². The summed E-state index contributed by atoms with van der Waals surface area (Å²) >= 11 is 6.32. The summed E-state index contributed by atoms with van der Waals surface area (Å²) in [5.41, 5.74) is 0.458. The predicted molar refractivity (Wildman–Crippen MR) is 113 cm³/mol. The Balaban J connectivity index is 1.62. The second-order valence-corrected chi connectivity index (χ2v) is 9.25. The van der Waals surface area contributed by atoms with Crippen molar-refractivity contribution in [3.8, 4) is 5.75 Å². The van der Waals surface area contributed by atoms with E-state index >= 15 is 0 Å². The van der Waals surface area contributed by atoms with Crippen molar-refractivity contribution >= 4 is 44.7 Å². The second-order valence-electron chi connectivity index (χ2n) is 7.27. The molecule has 2 aromatic carbocycles. The molecule has 1 N–H and O–H groups in total. The third-order valence-electron chi connectivity index (χ3n) is 5.03. The molecule has 32 heavy (non-hydrogen) atoms. The van der Waals surface area contributed by atoms with Crippen molar-refractivity contribution < 1.29 is 31.1 Å². The van der Waals surface area contributed by atoms with Crippen molar-refractivity contribution in [2.24, 2.45) is 4.40 Å². The van der Waals surface area contributed by atoms with Crippen LogP contribution in [-0.2, 0) is 10.0 Å². The van der Waals surface area contributed by atoms with Gasteiger partial charge >= 0.3 is 6.36 Å². The van der Waals surface area contributed by atoms with Crippen LogP contribution in [-0.4, -0.2) is 33.1 Å². The number of nitrogens with one attached hydrogen (secondary N) is 1. The van der Waals surface area contributed by atoms with Crippen LogP contribution in [0.5, 0.6) is 5.75 Å². The molecule has 1 fully saturated rings. The molecule has 2 aromatic rings. The number of amides is 1. The molecule has 0 atom stereocenters. The van der Waals surface area contributed by atoms with Crippen molar-refractivity contribution in [2.75, 3.05) is 16.8 Å². The Morgan fingerprint density at radius 1 is 1.12 bits per heavy atom. The van der Waals surface area contributed by atoms with Crippen LogP contribution < -0.4 is 15.0 Å². The van der Waals surface area contributed by atoms with E-state index in [-0.39, 0.29) is 21.2 Å². The molecule has 1 amide bonds. The topological polar surface area (TPSA) is 88.1 Å². The maximum atomic E-state index is 12.7. The first-order chi connectivity index (χ1) is 15.0. The monoisotopic (exact) mass is 487 g/mol. The van der Waals surface area contributed by atoms with Crippen molar-refractivity contribution in [2.45, 2.75) is 36.9 Å². The van der Waals surface area contributed by atoms with Gasteiger partial charge in [0, 0.05) is 18.7 Å². The first-order valence-corrected chi connectivity index (χ1v) is 11.5. The SMILES string of the molecule is O=C(Nc1ccc(OC(F)(F)F)cc1)c1cc2c(cc1Cl)N1CCCCCC1=NS2(=O)=O. The number of carbonyl (C=O) groups excluding carboxylic acids is 1. The van der Waals surface area contributed by atoms with Gasteiger partial charge in [-0.2, -0.15) is 8.42 Å². The fourth-order valence-corrected chi connectivity index (χ4v) is 5.12. The summed E-state index contributed by atoms with van der Waals surface area (Å²) in [6, 6.07) is 7.12. The van der Waals surface area contributed by atoms with Gasteiger partial charge in [0.25, 0.3) is 15.9 Å². The van der Waals surface area contributed by atoms with Crippen LogP contribution in [0.2, 0.25) is 5.02 Å². The number of sulfonamides is 1. The Kier molecular flexibility index (Phi) is 5.80. The van der Waals surface area contributed by atoms with Gasteiger partial charge < -0.3 is 15.0 Å². The molecule has 2 aliphatic heterocycles. The summed E-state index contributed by atoms with van der Waals surface area (Å²) in [7, 11) is -4.01. The number of halogens is 4. The first kappa shape index (κ1) is 22.4. The summed E-state index contributed by atoms with van der Waals surface area (Å²) in [6.07, 6.45) is -1.64. The van der Waals surface area contributed by atoms with Crippen LogP contribution in [0.1, 0.15) is 36.0 Å². The predicted octanol–water partition coefficient (Wildman–Crippen LogP) is 4.97. The number of rotatable bonds is 3. The van der Waals surface area contributed by atoms with E-state index in [4.69, 9.17) is 11.6 Å². The number of benzene rings is 2. The fraction of sp³-hybridized carbons (Fsp3) is 0.300. The van der Waals surface area contributed by atoms with E-state index in [2.05, 4.69) is 14.5 Å². The highest BCUT2D eigenvalue weighted by Gasteiger charge is 2.33. The zero-order chi connectivity index (χ0) is 23.1. The number of alkyl halides is 3. The number of fused-ring (bicyclic) bond motifs is 3. The van der Waals surface area contributed by atoms with Crippen LogP contribution in [0.25, 0.3) is 0 Å². The minimum Gasteiger partial charge on any atom is -0.406 e. The number of amidine groups is 1. The number of ether oxygens (including phenoxy) is 1. The average Bonchev–Trinajstić information content (AvgIpc) is 2.92. The van der Waals surface area contributed by atoms with E-state index in [1.54, 1.807) is 0 Å².